The predicted molar refractivity (Wildman–Crippen MR) is 307 cm³/mol. The van der Waals surface area contributed by atoms with Crippen LogP contribution in [-0.2, 0) is 27.5 Å². The fourth-order valence-corrected chi connectivity index (χ4v) is 12.1. The molecule has 1 fully saturated rings. The molecule has 436 valence electrons. The molecule has 3 N–H and O–H groups in total. The molecule has 4 aliphatic rings. The summed E-state index contributed by atoms with van der Waals surface area (Å²) in [4.78, 5) is 48.7. The molecule has 0 aromatic heterocycles. The normalized spacial score (nSPS) is 20.7. The molecular formula is C63H80N4O14. The van der Waals surface area contributed by atoms with E-state index in [9.17, 15) is 25.1 Å². The zero-order valence-corrected chi connectivity index (χ0v) is 47.2. The molecule has 0 radical (unpaired) electrons. The number of amides is 2. The second-order valence-corrected chi connectivity index (χ2v) is 21.3. The zero-order chi connectivity index (χ0) is 57.1. The van der Waals surface area contributed by atoms with Crippen molar-refractivity contribution in [2.45, 2.75) is 147 Å². The average molecular weight is 1120 g/mol. The Morgan fingerprint density at radius 3 is 2.25 bits per heavy atom. The predicted octanol–water partition coefficient (Wildman–Crippen LogP) is 12.7. The standard InChI is InChI=1S/C63H80N4O14/c1-5-7-8-9-10-11-12-13-14-21-59(70)66(40-44-24-30-55-57(35-44)77-42-76-55)58-39-53(65-79-41-43-22-25-46(26-23-43)67(72)73)50-36-45(19-15-17-32-68)49(20-16-18-33-69)60-51-37-48(28-31-54(51)81-63(58,61(50)60)78-34-6-2)80-62(71)64-52-29-27-47(74-3)38-56(52)75-4/h6,22-31,35-38,45,49,58,60-61,68-69H,2,5,7-21,32-34,39-42H2,1,3-4H3,(H,64,71). The highest BCUT2D eigenvalue weighted by atomic mass is 16.7. The molecule has 2 aliphatic carbocycles. The van der Waals surface area contributed by atoms with Crippen molar-refractivity contribution in [2.75, 3.05) is 46.1 Å². The molecule has 18 nitrogen and oxygen atoms in total. The zero-order valence-electron chi connectivity index (χ0n) is 47.2. The highest BCUT2D eigenvalue weighted by molar-refractivity contribution is 6.03. The highest BCUT2D eigenvalue weighted by Gasteiger charge is 2.65. The van der Waals surface area contributed by atoms with Crippen LogP contribution in [0.3, 0.4) is 0 Å². The number of hydrogen-bond donors (Lipinski definition) is 3. The molecule has 2 aliphatic heterocycles. The minimum atomic E-state index is -1.57. The average Bonchev–Trinajstić information content (AvgIpc) is 4.03. The molecule has 4 aromatic rings. The monoisotopic (exact) mass is 1120 g/mol. The minimum absolute atomic E-state index is 0.00169. The lowest BCUT2D eigenvalue weighted by atomic mass is 9.55. The van der Waals surface area contributed by atoms with Gasteiger partial charge in [0.15, 0.2) is 11.5 Å². The Balaban J connectivity index is 1.26. The number of aliphatic hydroxyl groups is 2. The van der Waals surface area contributed by atoms with Crippen LogP contribution < -0.4 is 33.7 Å². The highest BCUT2D eigenvalue weighted by Crippen LogP contribution is 2.62. The summed E-state index contributed by atoms with van der Waals surface area (Å²) in [6.07, 6.45) is 17.3. The van der Waals surface area contributed by atoms with Crippen LogP contribution in [0.4, 0.5) is 16.2 Å². The second-order valence-electron chi connectivity index (χ2n) is 21.3. The van der Waals surface area contributed by atoms with Crippen molar-refractivity contribution in [2.24, 2.45) is 22.9 Å². The molecule has 0 bridgehead atoms. The van der Waals surface area contributed by atoms with Gasteiger partial charge in [-0.05, 0) is 115 Å². The molecule has 2 amide bonds. The summed E-state index contributed by atoms with van der Waals surface area (Å²) in [6.45, 7) is 6.66. The number of rotatable bonds is 32. The maximum atomic E-state index is 15.5. The van der Waals surface area contributed by atoms with Crippen LogP contribution in [0.1, 0.15) is 139 Å². The van der Waals surface area contributed by atoms with Crippen LogP contribution in [0.15, 0.2) is 108 Å². The number of nitro benzene ring substituents is 1. The number of non-ortho nitro benzene ring substituents is 1. The number of methoxy groups -OCH3 is 2. The first-order valence-corrected chi connectivity index (χ1v) is 28.9. The number of benzene rings is 4. The van der Waals surface area contributed by atoms with Crippen molar-refractivity contribution in [3.63, 3.8) is 0 Å². The lowest BCUT2D eigenvalue weighted by Crippen LogP contribution is -2.70. The Kier molecular flexibility index (Phi) is 21.9. The molecule has 6 unspecified atom stereocenters. The van der Waals surface area contributed by atoms with E-state index in [1.807, 2.05) is 29.2 Å². The van der Waals surface area contributed by atoms with Crippen LogP contribution in [0.25, 0.3) is 0 Å². The van der Waals surface area contributed by atoms with E-state index in [4.69, 9.17) is 43.2 Å². The van der Waals surface area contributed by atoms with Crippen LogP contribution >= 0.6 is 0 Å². The topological polar surface area (TPSA) is 219 Å². The maximum absolute atomic E-state index is 15.5. The first-order chi connectivity index (χ1) is 39.5. The van der Waals surface area contributed by atoms with Crippen LogP contribution in [0, 0.1) is 27.9 Å². The Morgan fingerprint density at radius 2 is 1.53 bits per heavy atom. The van der Waals surface area contributed by atoms with Gasteiger partial charge >= 0.3 is 6.09 Å². The van der Waals surface area contributed by atoms with E-state index < -0.39 is 34.7 Å². The van der Waals surface area contributed by atoms with Crippen molar-refractivity contribution in [3.8, 4) is 34.5 Å². The van der Waals surface area contributed by atoms with E-state index in [1.165, 1.54) is 51.3 Å². The Bertz CT molecular complexity index is 2820. The molecular weight excluding hydrogens is 1040 g/mol. The lowest BCUT2D eigenvalue weighted by molar-refractivity contribution is -0.384. The molecule has 0 saturated heterocycles. The van der Waals surface area contributed by atoms with Crippen LogP contribution in [-0.4, -0.2) is 90.4 Å². The summed E-state index contributed by atoms with van der Waals surface area (Å²) in [6, 6.07) is 21.4. The van der Waals surface area contributed by atoms with Gasteiger partial charge in [-0.2, -0.15) is 0 Å². The first-order valence-electron chi connectivity index (χ1n) is 28.9. The third-order valence-corrected chi connectivity index (χ3v) is 16.0. The van der Waals surface area contributed by atoms with Gasteiger partial charge in [-0.25, -0.2) is 4.79 Å². The molecule has 18 heteroatoms. The first kappa shape index (κ1) is 60.0. The lowest BCUT2D eigenvalue weighted by Gasteiger charge is -2.60. The number of carbonyl (C=O) groups is 2. The SMILES string of the molecule is C=CCOC12Oc3ccc(OC(=O)Nc4ccc(OC)cc4OC)cc3C3C(CCCCO)C(CCCCO)C=C(C(=NOCc4ccc([N+](=O)[O-])cc4)CC1N(Cc1ccc4c(c1)OCO4)C(=O)CCCCCCCCCCC)C32. The number of allylic oxidation sites excluding steroid dienone is 1. The van der Waals surface area contributed by atoms with Crippen LogP contribution in [0.2, 0.25) is 0 Å². The van der Waals surface area contributed by atoms with Gasteiger partial charge in [-0.3, -0.25) is 20.2 Å². The molecule has 4 aromatic carbocycles. The number of aliphatic hydroxyl groups excluding tert-OH is 2. The van der Waals surface area contributed by atoms with Gasteiger partial charge in [0.2, 0.25) is 18.5 Å². The second kappa shape index (κ2) is 29.5. The summed E-state index contributed by atoms with van der Waals surface area (Å²) in [5, 5.41) is 39.6. The van der Waals surface area contributed by atoms with Crippen LogP contribution in [0.5, 0.6) is 34.5 Å². The number of nitrogens with one attached hydrogen (secondary N) is 1. The van der Waals surface area contributed by atoms with E-state index in [0.29, 0.717) is 84.2 Å². The number of anilines is 1. The Labute approximate surface area is 475 Å². The van der Waals surface area contributed by atoms with E-state index in [2.05, 4.69) is 24.9 Å². The fraction of sp³-hybridized carbons (Fsp3) is 0.508. The number of unbranched alkanes of at least 4 members (excludes halogenated alkanes) is 10. The van der Waals surface area contributed by atoms with Gasteiger partial charge in [-0.1, -0.05) is 94.5 Å². The number of nitro groups is 1. The summed E-state index contributed by atoms with van der Waals surface area (Å²) < 4.78 is 43.4. The number of oxime groups is 1. The van der Waals surface area contributed by atoms with Gasteiger partial charge in [0.05, 0.1) is 43.1 Å². The Morgan fingerprint density at radius 1 is 0.827 bits per heavy atom. The number of carbonyl (C=O) groups excluding carboxylic acids is 2. The van der Waals surface area contributed by atoms with Gasteiger partial charge in [0.1, 0.15) is 35.6 Å². The van der Waals surface area contributed by atoms with Gasteiger partial charge in [-0.15, -0.1) is 6.58 Å². The summed E-state index contributed by atoms with van der Waals surface area (Å²) in [5.41, 5.74) is 3.95. The largest absolute Gasteiger partial charge is 0.497 e. The fourth-order valence-electron chi connectivity index (χ4n) is 12.1. The van der Waals surface area contributed by atoms with E-state index in [0.717, 1.165) is 42.4 Å². The summed E-state index contributed by atoms with van der Waals surface area (Å²) in [7, 11) is 3.04. The number of fused-ring (bicyclic) bond motifs is 3. The third kappa shape index (κ3) is 14.9. The maximum Gasteiger partial charge on any atom is 0.417 e. The molecule has 0 spiro atoms. The Hall–Kier alpha value is -7.15. The van der Waals surface area contributed by atoms with Gasteiger partial charge in [0, 0.05) is 62.3 Å². The van der Waals surface area contributed by atoms with Crippen molar-refractivity contribution < 1.29 is 62.7 Å². The van der Waals surface area contributed by atoms with E-state index in [1.54, 1.807) is 55.7 Å². The quantitative estimate of drug-likeness (QED) is 0.0179. The van der Waals surface area contributed by atoms with Gasteiger partial charge < -0.3 is 53.1 Å². The molecule has 81 heavy (non-hydrogen) atoms. The smallest absolute Gasteiger partial charge is 0.417 e. The third-order valence-electron chi connectivity index (χ3n) is 16.0. The van der Waals surface area contributed by atoms with Crippen molar-refractivity contribution in [1.29, 1.82) is 0 Å². The van der Waals surface area contributed by atoms with E-state index >= 15 is 4.79 Å². The number of ether oxygens (including phenoxy) is 7. The molecule has 8 rings (SSSR count). The van der Waals surface area contributed by atoms with Crippen molar-refractivity contribution in [3.05, 3.63) is 130 Å². The number of nitrogens with zero attached hydrogens (tertiary/aromatic N) is 3. The summed E-state index contributed by atoms with van der Waals surface area (Å²) in [5.74, 6) is -0.101. The van der Waals surface area contributed by atoms with Crippen molar-refractivity contribution in [1.82, 2.24) is 4.90 Å². The van der Waals surface area contributed by atoms with E-state index in [-0.39, 0.29) is 81.8 Å². The number of hydrogen-bond acceptors (Lipinski definition) is 15. The van der Waals surface area contributed by atoms with Crippen molar-refractivity contribution >= 4 is 29.1 Å². The summed E-state index contributed by atoms with van der Waals surface area (Å²) >= 11 is 0. The molecule has 1 saturated carbocycles. The van der Waals surface area contributed by atoms with Gasteiger partial charge in [0.25, 0.3) is 5.69 Å². The minimum Gasteiger partial charge on any atom is -0.497 e. The molecule has 2 heterocycles. The molecule has 6 atom stereocenters.